The Morgan fingerprint density at radius 1 is 1.36 bits per heavy atom. The summed E-state index contributed by atoms with van der Waals surface area (Å²) in [6.45, 7) is 5.34. The molecule has 2 heterocycles. The van der Waals surface area contributed by atoms with Crippen LogP contribution in [0, 0.1) is 5.92 Å². The first kappa shape index (κ1) is 17.7. The SMILES string of the molecule is CCCCc1ncc(CN2CC[C@@H](Cc3ccc(C(=O)O)cc3)C2)[nH]1. The number of benzene rings is 1. The van der Waals surface area contributed by atoms with Crippen molar-refractivity contribution in [3.63, 3.8) is 0 Å². The van der Waals surface area contributed by atoms with Gasteiger partial charge < -0.3 is 10.1 Å². The first-order chi connectivity index (χ1) is 12.1. The van der Waals surface area contributed by atoms with Gasteiger partial charge in [-0.1, -0.05) is 25.5 Å². The number of nitrogens with one attached hydrogen (secondary N) is 1. The minimum atomic E-state index is -0.864. The molecule has 25 heavy (non-hydrogen) atoms. The Balaban J connectivity index is 1.48. The molecule has 0 spiro atoms. The molecule has 1 aromatic carbocycles. The number of nitrogens with zero attached hydrogens (tertiary/aromatic N) is 2. The zero-order valence-corrected chi connectivity index (χ0v) is 14.9. The quantitative estimate of drug-likeness (QED) is 0.771. The largest absolute Gasteiger partial charge is 0.478 e. The Morgan fingerprint density at radius 3 is 2.88 bits per heavy atom. The second kappa shape index (κ2) is 8.30. The highest BCUT2D eigenvalue weighted by Gasteiger charge is 2.23. The van der Waals surface area contributed by atoms with Gasteiger partial charge in [-0.05, 0) is 49.4 Å². The van der Waals surface area contributed by atoms with Crippen molar-refractivity contribution in [3.8, 4) is 0 Å². The van der Waals surface area contributed by atoms with Crippen molar-refractivity contribution in [2.75, 3.05) is 13.1 Å². The van der Waals surface area contributed by atoms with Gasteiger partial charge in [0.1, 0.15) is 5.82 Å². The van der Waals surface area contributed by atoms with Gasteiger partial charge in [0.25, 0.3) is 0 Å². The van der Waals surface area contributed by atoms with E-state index >= 15 is 0 Å². The van der Waals surface area contributed by atoms with E-state index in [0.29, 0.717) is 11.5 Å². The molecule has 1 saturated heterocycles. The molecular weight excluding hydrogens is 314 g/mol. The number of aromatic nitrogens is 2. The van der Waals surface area contributed by atoms with Crippen molar-refractivity contribution in [1.29, 1.82) is 0 Å². The lowest BCUT2D eigenvalue weighted by Gasteiger charge is -2.15. The fourth-order valence-corrected chi connectivity index (χ4v) is 3.54. The van der Waals surface area contributed by atoms with E-state index < -0.39 is 5.97 Å². The van der Waals surface area contributed by atoms with Crippen molar-refractivity contribution in [2.24, 2.45) is 5.92 Å². The molecular formula is C20H27N3O2. The van der Waals surface area contributed by atoms with Gasteiger partial charge in [-0.2, -0.15) is 0 Å². The maximum Gasteiger partial charge on any atom is 0.335 e. The molecule has 2 N–H and O–H groups in total. The van der Waals surface area contributed by atoms with Crippen LogP contribution >= 0.6 is 0 Å². The number of aryl methyl sites for hydroxylation is 1. The molecule has 1 aromatic heterocycles. The maximum atomic E-state index is 10.9. The number of hydrogen-bond donors (Lipinski definition) is 2. The van der Waals surface area contributed by atoms with Gasteiger partial charge in [0, 0.05) is 31.4 Å². The van der Waals surface area contributed by atoms with E-state index in [1.807, 2.05) is 18.3 Å². The molecule has 5 nitrogen and oxygen atoms in total. The molecule has 5 heteroatoms. The predicted octanol–water partition coefficient (Wildman–Crippen LogP) is 3.52. The van der Waals surface area contributed by atoms with E-state index in [0.717, 1.165) is 38.3 Å². The Kier molecular flexibility index (Phi) is 5.87. The third kappa shape index (κ3) is 4.92. The van der Waals surface area contributed by atoms with E-state index in [4.69, 9.17) is 5.11 Å². The van der Waals surface area contributed by atoms with Crippen LogP contribution in [-0.2, 0) is 19.4 Å². The average molecular weight is 341 g/mol. The number of unbranched alkanes of at least 4 members (excludes halogenated alkanes) is 1. The average Bonchev–Trinajstić information content (AvgIpc) is 3.23. The van der Waals surface area contributed by atoms with Crippen molar-refractivity contribution in [3.05, 3.63) is 53.1 Å². The van der Waals surface area contributed by atoms with Gasteiger partial charge in [0.2, 0.25) is 0 Å². The van der Waals surface area contributed by atoms with Gasteiger partial charge in [0.15, 0.2) is 0 Å². The molecule has 0 bridgehead atoms. The molecule has 2 aromatic rings. The maximum absolute atomic E-state index is 10.9. The lowest BCUT2D eigenvalue weighted by molar-refractivity contribution is 0.0697. The topological polar surface area (TPSA) is 69.2 Å². The normalized spacial score (nSPS) is 17.9. The minimum absolute atomic E-state index is 0.356. The van der Waals surface area contributed by atoms with Gasteiger partial charge in [-0.25, -0.2) is 9.78 Å². The summed E-state index contributed by atoms with van der Waals surface area (Å²) in [5.74, 6) is 0.876. The van der Waals surface area contributed by atoms with Gasteiger partial charge >= 0.3 is 5.97 Å². The molecule has 0 unspecified atom stereocenters. The van der Waals surface area contributed by atoms with Crippen molar-refractivity contribution >= 4 is 5.97 Å². The van der Waals surface area contributed by atoms with Crippen molar-refractivity contribution in [1.82, 2.24) is 14.9 Å². The first-order valence-electron chi connectivity index (χ1n) is 9.21. The van der Waals surface area contributed by atoms with Crippen LogP contribution in [-0.4, -0.2) is 39.0 Å². The van der Waals surface area contributed by atoms with Crippen LogP contribution in [0.2, 0.25) is 0 Å². The van der Waals surface area contributed by atoms with Crippen LogP contribution in [0.3, 0.4) is 0 Å². The van der Waals surface area contributed by atoms with E-state index in [1.165, 1.54) is 30.5 Å². The van der Waals surface area contributed by atoms with Gasteiger partial charge in [-0.15, -0.1) is 0 Å². The Morgan fingerprint density at radius 2 is 2.16 bits per heavy atom. The number of hydrogen-bond acceptors (Lipinski definition) is 3. The van der Waals surface area contributed by atoms with Crippen LogP contribution in [0.5, 0.6) is 0 Å². The second-order valence-corrected chi connectivity index (χ2v) is 7.05. The molecule has 0 radical (unpaired) electrons. The van der Waals surface area contributed by atoms with E-state index in [-0.39, 0.29) is 0 Å². The minimum Gasteiger partial charge on any atom is -0.478 e. The molecule has 1 fully saturated rings. The Bertz CT molecular complexity index is 693. The summed E-state index contributed by atoms with van der Waals surface area (Å²) in [4.78, 5) is 21.3. The highest BCUT2D eigenvalue weighted by atomic mass is 16.4. The highest BCUT2D eigenvalue weighted by Crippen LogP contribution is 2.22. The standard InChI is InChI=1S/C20H27N3O2/c1-2-3-4-19-21-12-18(22-19)14-23-10-9-16(13-23)11-15-5-7-17(8-6-15)20(24)25/h5-8,12,16H,2-4,9-11,13-14H2,1H3,(H,21,22)(H,24,25)/t16-/m0/s1. The smallest absolute Gasteiger partial charge is 0.335 e. The third-order valence-electron chi connectivity index (χ3n) is 4.94. The predicted molar refractivity (Wildman–Crippen MR) is 97.7 cm³/mol. The molecule has 1 aliphatic heterocycles. The van der Waals surface area contributed by atoms with Crippen molar-refractivity contribution in [2.45, 2.75) is 45.6 Å². The molecule has 0 saturated carbocycles. The molecule has 0 aliphatic carbocycles. The molecule has 3 rings (SSSR count). The lowest BCUT2D eigenvalue weighted by Crippen LogP contribution is -2.20. The van der Waals surface area contributed by atoms with Crippen LogP contribution in [0.25, 0.3) is 0 Å². The fourth-order valence-electron chi connectivity index (χ4n) is 3.54. The number of likely N-dealkylation sites (tertiary alicyclic amines) is 1. The molecule has 0 amide bonds. The summed E-state index contributed by atoms with van der Waals surface area (Å²) >= 11 is 0. The highest BCUT2D eigenvalue weighted by molar-refractivity contribution is 5.87. The summed E-state index contributed by atoms with van der Waals surface area (Å²) < 4.78 is 0. The number of aromatic amines is 1. The monoisotopic (exact) mass is 341 g/mol. The van der Waals surface area contributed by atoms with Crippen molar-refractivity contribution < 1.29 is 9.90 Å². The van der Waals surface area contributed by atoms with E-state index in [2.05, 4.69) is 21.8 Å². The Labute approximate surface area is 149 Å². The van der Waals surface area contributed by atoms with Gasteiger partial charge in [0.05, 0.1) is 5.56 Å². The van der Waals surface area contributed by atoms with Gasteiger partial charge in [-0.3, -0.25) is 4.90 Å². The second-order valence-electron chi connectivity index (χ2n) is 7.05. The van der Waals surface area contributed by atoms with Crippen LogP contribution in [0.1, 0.15) is 53.6 Å². The molecule has 134 valence electrons. The number of carboxylic acids is 1. The van der Waals surface area contributed by atoms with Crippen LogP contribution < -0.4 is 0 Å². The molecule has 1 atom stereocenters. The number of rotatable bonds is 8. The van der Waals surface area contributed by atoms with E-state index in [9.17, 15) is 4.79 Å². The third-order valence-corrected chi connectivity index (χ3v) is 4.94. The van der Waals surface area contributed by atoms with Crippen LogP contribution in [0.4, 0.5) is 0 Å². The zero-order chi connectivity index (χ0) is 17.6. The molecule has 1 aliphatic rings. The lowest BCUT2D eigenvalue weighted by atomic mass is 9.98. The zero-order valence-electron chi connectivity index (χ0n) is 14.9. The fraction of sp³-hybridized carbons (Fsp3) is 0.500. The summed E-state index contributed by atoms with van der Waals surface area (Å²) in [7, 11) is 0. The number of H-pyrrole nitrogens is 1. The number of aromatic carboxylic acids is 1. The number of carbonyl (C=O) groups is 1. The van der Waals surface area contributed by atoms with E-state index in [1.54, 1.807) is 12.1 Å². The summed E-state index contributed by atoms with van der Waals surface area (Å²) in [6.07, 6.45) is 7.59. The number of carboxylic acid groups (broad SMARTS) is 1. The summed E-state index contributed by atoms with van der Waals surface area (Å²) in [6, 6.07) is 7.29. The number of imidazole rings is 1. The summed E-state index contributed by atoms with van der Waals surface area (Å²) in [5.41, 5.74) is 2.78. The first-order valence-corrected chi connectivity index (χ1v) is 9.21. The Hall–Kier alpha value is -2.14. The van der Waals surface area contributed by atoms with Crippen LogP contribution in [0.15, 0.2) is 30.5 Å². The summed E-state index contributed by atoms with van der Waals surface area (Å²) in [5, 5.41) is 8.97.